The number of carbonyl (C=O) groups is 1. The molecule has 1 aliphatic carbocycles. The summed E-state index contributed by atoms with van der Waals surface area (Å²) in [5.41, 5.74) is 1.29. The van der Waals surface area contributed by atoms with Gasteiger partial charge in [0.1, 0.15) is 16.5 Å². The van der Waals surface area contributed by atoms with E-state index in [0.29, 0.717) is 28.6 Å². The first-order chi connectivity index (χ1) is 13.0. The number of benzene rings is 1. The molecule has 140 valence electrons. The van der Waals surface area contributed by atoms with Crippen molar-refractivity contribution < 1.29 is 9.18 Å². The molecule has 1 amide bonds. The quantitative estimate of drug-likeness (QED) is 0.682. The number of fused-ring (bicyclic) bond motifs is 1. The zero-order chi connectivity index (χ0) is 19.0. The van der Waals surface area contributed by atoms with Crippen LogP contribution in [0, 0.1) is 5.82 Å². The van der Waals surface area contributed by atoms with Crippen molar-refractivity contribution in [2.75, 3.05) is 13.6 Å². The Balaban J connectivity index is 1.54. The van der Waals surface area contributed by atoms with E-state index in [-0.39, 0.29) is 23.8 Å². The summed E-state index contributed by atoms with van der Waals surface area (Å²) in [5, 5.41) is 5.30. The zero-order valence-electron chi connectivity index (χ0n) is 14.8. The number of halogens is 1. The van der Waals surface area contributed by atoms with Crippen LogP contribution in [0.5, 0.6) is 0 Å². The van der Waals surface area contributed by atoms with Crippen LogP contribution in [-0.2, 0) is 11.3 Å². The van der Waals surface area contributed by atoms with E-state index in [1.165, 1.54) is 23.5 Å². The largest absolute Gasteiger partial charge is 0.352 e. The highest BCUT2D eigenvalue weighted by molar-refractivity contribution is 7.17. The third-order valence-electron chi connectivity index (χ3n) is 4.42. The topological polar surface area (TPSA) is 78.1 Å². The van der Waals surface area contributed by atoms with Gasteiger partial charge in [-0.2, -0.15) is 0 Å². The highest BCUT2D eigenvalue weighted by atomic mass is 32.1. The van der Waals surface area contributed by atoms with Crippen molar-refractivity contribution in [3.8, 4) is 11.1 Å². The van der Waals surface area contributed by atoms with Crippen LogP contribution in [0.1, 0.15) is 18.7 Å². The fourth-order valence-corrected chi connectivity index (χ4v) is 3.93. The van der Waals surface area contributed by atoms with E-state index in [2.05, 4.69) is 15.3 Å². The maximum absolute atomic E-state index is 13.1. The number of amides is 1. The number of thiophene rings is 1. The molecule has 0 bridgehead atoms. The molecule has 0 aliphatic heterocycles. The van der Waals surface area contributed by atoms with Gasteiger partial charge in [0, 0.05) is 17.0 Å². The molecule has 0 spiro atoms. The monoisotopic (exact) mass is 386 g/mol. The Morgan fingerprint density at radius 2 is 2.11 bits per heavy atom. The van der Waals surface area contributed by atoms with Crippen LogP contribution < -0.4 is 10.9 Å². The average Bonchev–Trinajstić information content (AvgIpc) is 3.31. The van der Waals surface area contributed by atoms with Crippen LogP contribution in [0.4, 0.5) is 4.39 Å². The fraction of sp³-hybridized carbons (Fsp3) is 0.316. The molecule has 1 aliphatic rings. The second-order valence-corrected chi connectivity index (χ2v) is 7.72. The highest BCUT2D eigenvalue weighted by Gasteiger charge is 2.23. The summed E-state index contributed by atoms with van der Waals surface area (Å²) in [4.78, 5) is 34.3. The van der Waals surface area contributed by atoms with Crippen LogP contribution in [0.2, 0.25) is 0 Å². The molecule has 0 saturated heterocycles. The number of nitrogens with zero attached hydrogens (tertiary/aromatic N) is 2. The number of likely N-dealkylation sites (N-methyl/N-ethyl adjacent to an activating group) is 1. The number of aromatic amines is 1. The number of H-pyrrole nitrogens is 1. The second-order valence-electron chi connectivity index (χ2n) is 6.86. The molecule has 1 saturated carbocycles. The van der Waals surface area contributed by atoms with Gasteiger partial charge in [-0.25, -0.2) is 9.37 Å². The Bertz CT molecular complexity index is 1040. The molecule has 3 aromatic rings. The summed E-state index contributed by atoms with van der Waals surface area (Å²) in [6.45, 7) is 0.622. The van der Waals surface area contributed by atoms with Crippen LogP contribution in [0.15, 0.2) is 34.4 Å². The lowest BCUT2D eigenvalue weighted by Gasteiger charge is -2.15. The Hall–Kier alpha value is -2.58. The predicted molar refractivity (Wildman–Crippen MR) is 103 cm³/mol. The minimum atomic E-state index is -0.318. The van der Waals surface area contributed by atoms with E-state index in [4.69, 9.17) is 0 Å². The molecule has 0 atom stereocenters. The van der Waals surface area contributed by atoms with Crippen LogP contribution in [0.3, 0.4) is 0 Å². The van der Waals surface area contributed by atoms with Crippen molar-refractivity contribution in [3.05, 3.63) is 51.6 Å². The summed E-state index contributed by atoms with van der Waals surface area (Å²) >= 11 is 1.38. The van der Waals surface area contributed by atoms with Crippen molar-refractivity contribution >= 4 is 27.5 Å². The molecule has 4 rings (SSSR count). The maximum Gasteiger partial charge on any atom is 0.260 e. The predicted octanol–water partition coefficient (Wildman–Crippen LogP) is 2.50. The van der Waals surface area contributed by atoms with Crippen molar-refractivity contribution in [1.29, 1.82) is 0 Å². The van der Waals surface area contributed by atoms with Gasteiger partial charge in [0.25, 0.3) is 5.56 Å². The maximum atomic E-state index is 13.1. The van der Waals surface area contributed by atoms with E-state index >= 15 is 0 Å². The summed E-state index contributed by atoms with van der Waals surface area (Å²) in [6.07, 6.45) is 2.10. The van der Waals surface area contributed by atoms with Gasteiger partial charge >= 0.3 is 0 Å². The number of rotatable bonds is 6. The van der Waals surface area contributed by atoms with Crippen molar-refractivity contribution in [3.63, 3.8) is 0 Å². The van der Waals surface area contributed by atoms with Gasteiger partial charge in [-0.3, -0.25) is 14.5 Å². The van der Waals surface area contributed by atoms with E-state index in [9.17, 15) is 14.0 Å². The summed E-state index contributed by atoms with van der Waals surface area (Å²) < 4.78 is 13.1. The van der Waals surface area contributed by atoms with Gasteiger partial charge in [0.15, 0.2) is 0 Å². The van der Waals surface area contributed by atoms with E-state index in [1.807, 2.05) is 17.3 Å². The Morgan fingerprint density at radius 3 is 2.81 bits per heavy atom. The van der Waals surface area contributed by atoms with E-state index in [1.54, 1.807) is 12.1 Å². The molecule has 2 N–H and O–H groups in total. The number of nitrogens with one attached hydrogen (secondary N) is 2. The summed E-state index contributed by atoms with van der Waals surface area (Å²) in [7, 11) is 1.81. The van der Waals surface area contributed by atoms with E-state index in [0.717, 1.165) is 24.0 Å². The standard InChI is InChI=1S/C19H19FN4O2S/c1-24(9-16(25)21-13-6-7-13)8-15-22-18(26)17-14(10-27-19(17)23-15)11-2-4-12(20)5-3-11/h2-5,10,13H,6-9H2,1H3,(H,21,25)(H,22,23,26). The van der Waals surface area contributed by atoms with Gasteiger partial charge in [-0.1, -0.05) is 12.1 Å². The van der Waals surface area contributed by atoms with Crippen molar-refractivity contribution in [2.45, 2.75) is 25.4 Å². The Morgan fingerprint density at radius 1 is 1.37 bits per heavy atom. The summed E-state index contributed by atoms with van der Waals surface area (Å²) in [6, 6.07) is 6.37. The van der Waals surface area contributed by atoms with Crippen molar-refractivity contribution in [1.82, 2.24) is 20.2 Å². The van der Waals surface area contributed by atoms with Crippen LogP contribution in [0.25, 0.3) is 21.3 Å². The molecule has 27 heavy (non-hydrogen) atoms. The number of carbonyl (C=O) groups excluding carboxylic acids is 1. The molecule has 8 heteroatoms. The lowest BCUT2D eigenvalue weighted by molar-refractivity contribution is -0.122. The van der Waals surface area contributed by atoms with Gasteiger partial charge < -0.3 is 10.3 Å². The number of hydrogen-bond donors (Lipinski definition) is 2. The molecular weight excluding hydrogens is 367 g/mol. The fourth-order valence-electron chi connectivity index (χ4n) is 2.97. The lowest BCUT2D eigenvalue weighted by Crippen LogP contribution is -2.36. The molecular formula is C19H19FN4O2S. The SMILES string of the molecule is CN(CC(=O)NC1CC1)Cc1nc2scc(-c3ccc(F)cc3)c2c(=O)[nH]1. The van der Waals surface area contributed by atoms with Gasteiger partial charge in [-0.15, -0.1) is 11.3 Å². The van der Waals surface area contributed by atoms with Crippen molar-refractivity contribution in [2.24, 2.45) is 0 Å². The Labute approximate surface area is 159 Å². The molecule has 0 unspecified atom stereocenters. The normalized spacial score (nSPS) is 14.0. The third-order valence-corrected chi connectivity index (χ3v) is 5.30. The van der Waals surface area contributed by atoms with Gasteiger partial charge in [0.05, 0.1) is 18.5 Å². The van der Waals surface area contributed by atoms with Gasteiger partial charge in [-0.05, 0) is 37.6 Å². The zero-order valence-corrected chi connectivity index (χ0v) is 15.6. The van der Waals surface area contributed by atoms with Crippen LogP contribution in [-0.4, -0.2) is 40.4 Å². The second kappa shape index (κ2) is 7.21. The first-order valence-corrected chi connectivity index (χ1v) is 9.62. The highest BCUT2D eigenvalue weighted by Crippen LogP contribution is 2.30. The lowest BCUT2D eigenvalue weighted by atomic mass is 10.1. The first-order valence-electron chi connectivity index (χ1n) is 8.74. The molecule has 2 heterocycles. The van der Waals surface area contributed by atoms with E-state index < -0.39 is 0 Å². The first kappa shape index (κ1) is 17.8. The van der Waals surface area contributed by atoms with Crippen LogP contribution >= 0.6 is 11.3 Å². The minimum absolute atomic E-state index is 0.0156. The Kier molecular flexibility index (Phi) is 4.75. The molecule has 1 fully saturated rings. The smallest absolute Gasteiger partial charge is 0.260 e. The number of hydrogen-bond acceptors (Lipinski definition) is 5. The van der Waals surface area contributed by atoms with Gasteiger partial charge in [0.2, 0.25) is 5.91 Å². The third kappa shape index (κ3) is 4.06. The number of aromatic nitrogens is 2. The summed E-state index contributed by atoms with van der Waals surface area (Å²) in [5.74, 6) is 0.182. The molecule has 6 nitrogen and oxygen atoms in total. The molecule has 0 radical (unpaired) electrons. The minimum Gasteiger partial charge on any atom is -0.352 e. The average molecular weight is 386 g/mol. The molecule has 1 aromatic carbocycles. The molecule has 2 aromatic heterocycles.